The van der Waals surface area contributed by atoms with Crippen molar-refractivity contribution in [2.75, 3.05) is 67.2 Å². The number of alkyl halides is 1. The summed E-state index contributed by atoms with van der Waals surface area (Å²) in [5, 5.41) is 12.9. The van der Waals surface area contributed by atoms with Crippen molar-refractivity contribution >= 4 is 70.6 Å². The van der Waals surface area contributed by atoms with Crippen LogP contribution in [0.4, 0.5) is 21.2 Å². The number of carbonyl (C=O) groups excluding carboxylic acids is 2. The van der Waals surface area contributed by atoms with Gasteiger partial charge in [-0.25, -0.2) is 29.5 Å². The van der Waals surface area contributed by atoms with Crippen molar-refractivity contribution in [3.63, 3.8) is 0 Å². The largest absolute Gasteiger partial charge is 0.444 e. The Kier molecular flexibility index (Phi) is 26.7. The molecule has 16 nitrogen and oxygen atoms in total. The number of nitrogens with two attached hydrogens (primary N) is 2. The first-order valence-corrected chi connectivity index (χ1v) is 27.3. The molecular weight excluding hydrogens is 938 g/mol. The maximum absolute atomic E-state index is 12.4. The number of aliphatic hydroxyl groups excluding tert-OH is 1. The summed E-state index contributed by atoms with van der Waals surface area (Å²) in [6.45, 7) is 27.4. The molecule has 2 aromatic rings. The molecule has 2 fully saturated rings. The van der Waals surface area contributed by atoms with Crippen molar-refractivity contribution in [3.8, 4) is 0 Å². The van der Waals surface area contributed by atoms with Crippen molar-refractivity contribution < 1.29 is 33.6 Å². The lowest BCUT2D eigenvalue weighted by Gasteiger charge is -2.35. The van der Waals surface area contributed by atoms with Gasteiger partial charge in [0.05, 0.1) is 43.3 Å². The van der Waals surface area contributed by atoms with Crippen molar-refractivity contribution in [1.82, 2.24) is 35.1 Å². The van der Waals surface area contributed by atoms with Crippen LogP contribution in [-0.4, -0.2) is 144 Å². The van der Waals surface area contributed by atoms with Crippen molar-refractivity contribution in [2.24, 2.45) is 0 Å². The standard InChI is InChI=1S/C15H24N4OS.C15H29NO3S.C12H23NO3.C7H7N3.CH3Cl/c1-2-3-6-21-9-12(8-20)17-7-11-4-5-13-14(11)18-10-19-15(13)16;1-7-8-9-20-11-12-10-18-15(5,6)16(12)13(17)19-14(2,3)4;1-7-9-8-15-12(5,6)13(9)10(14)16-11(2,3)4;8-7-5-2-1-3-6(5)9-4-10-7;1-2/h4,10,12,17,20H,2-3,5-9H2,1H3,(H2,16,18,19);12H,7-11H2,1-6H3;9H,7-8H2,1-6H3;1,3-4H,2H2,(H2,8,9,10);1H3/t12-;;;;/m1..../s1. The molecule has 2 unspecified atom stereocenters. The molecule has 0 aromatic carbocycles. The molecule has 0 spiro atoms. The maximum atomic E-state index is 12.4. The van der Waals surface area contributed by atoms with Crippen LogP contribution in [0.1, 0.15) is 145 Å². The molecule has 69 heavy (non-hydrogen) atoms. The summed E-state index contributed by atoms with van der Waals surface area (Å²) in [7, 11) is 0. The highest BCUT2D eigenvalue weighted by Gasteiger charge is 2.46. The maximum Gasteiger partial charge on any atom is 0.412 e. The number of amides is 2. The van der Waals surface area contributed by atoms with Crippen LogP contribution < -0.4 is 16.8 Å². The van der Waals surface area contributed by atoms with Gasteiger partial charge in [0.15, 0.2) is 0 Å². The van der Waals surface area contributed by atoms with E-state index in [-0.39, 0.29) is 36.9 Å². The zero-order chi connectivity index (χ0) is 52.0. The number of nitrogens with zero attached hydrogens (tertiary/aromatic N) is 6. The molecule has 19 heteroatoms. The van der Waals surface area contributed by atoms with E-state index >= 15 is 0 Å². The van der Waals surface area contributed by atoms with Crippen LogP contribution in [0.2, 0.25) is 0 Å². The second-order valence-electron chi connectivity index (χ2n) is 19.8. The smallest absolute Gasteiger partial charge is 0.412 e. The molecule has 0 saturated carbocycles. The molecule has 6 N–H and O–H groups in total. The summed E-state index contributed by atoms with van der Waals surface area (Å²) in [6.07, 6.45) is 17.5. The van der Waals surface area contributed by atoms with E-state index in [1.165, 1.54) is 44.7 Å². The highest BCUT2D eigenvalue weighted by molar-refractivity contribution is 7.99. The van der Waals surface area contributed by atoms with Gasteiger partial charge in [0.2, 0.25) is 0 Å². The van der Waals surface area contributed by atoms with E-state index in [1.54, 1.807) is 9.80 Å². The number of fused-ring (bicyclic) bond motifs is 2. The highest BCUT2D eigenvalue weighted by atomic mass is 35.5. The van der Waals surface area contributed by atoms with Crippen molar-refractivity contribution in [1.29, 1.82) is 0 Å². The summed E-state index contributed by atoms with van der Waals surface area (Å²) < 4.78 is 22.3. The van der Waals surface area contributed by atoms with Crippen LogP contribution in [0.15, 0.2) is 24.8 Å². The van der Waals surface area contributed by atoms with Crippen LogP contribution >= 0.6 is 35.1 Å². The Bertz CT molecular complexity index is 1930. The second kappa shape index (κ2) is 29.8. The summed E-state index contributed by atoms with van der Waals surface area (Å²) in [6, 6.07) is 0.336. The van der Waals surface area contributed by atoms with E-state index in [1.807, 2.05) is 112 Å². The second-order valence-corrected chi connectivity index (χ2v) is 22.1. The fourth-order valence-corrected chi connectivity index (χ4v) is 9.73. The van der Waals surface area contributed by atoms with Gasteiger partial charge in [-0.05, 0) is 124 Å². The molecule has 3 atom stereocenters. The minimum absolute atomic E-state index is 0.0988. The van der Waals surface area contributed by atoms with Gasteiger partial charge >= 0.3 is 12.2 Å². The highest BCUT2D eigenvalue weighted by Crippen LogP contribution is 2.33. The molecule has 392 valence electrons. The number of carbonyl (C=O) groups is 2. The molecule has 6 rings (SSSR count). The third-order valence-electron chi connectivity index (χ3n) is 11.0. The number of allylic oxidation sites excluding steroid dienone is 2. The number of nitrogens with one attached hydrogen (secondary N) is 1. The number of aliphatic hydroxyl groups is 1. The van der Waals surface area contributed by atoms with Gasteiger partial charge in [-0.2, -0.15) is 23.5 Å². The molecule has 0 radical (unpaired) electrons. The number of rotatable bonds is 15. The number of hydrogen-bond donors (Lipinski definition) is 4. The molecule has 2 aliphatic carbocycles. The van der Waals surface area contributed by atoms with E-state index in [2.05, 4.69) is 56.8 Å². The fraction of sp³-hybridized carbons (Fsp3) is 0.720. The quantitative estimate of drug-likeness (QED) is 0.0965. The minimum atomic E-state index is -0.585. The van der Waals surface area contributed by atoms with E-state index in [0.29, 0.717) is 31.4 Å². The molecule has 4 aliphatic rings. The minimum Gasteiger partial charge on any atom is -0.444 e. The first-order valence-electron chi connectivity index (χ1n) is 24.2. The molecule has 2 aliphatic heterocycles. The predicted octanol–water partition coefficient (Wildman–Crippen LogP) is 9.63. The van der Waals surface area contributed by atoms with E-state index < -0.39 is 22.7 Å². The Morgan fingerprint density at radius 2 is 1.35 bits per heavy atom. The fourth-order valence-electron chi connectivity index (χ4n) is 7.38. The van der Waals surface area contributed by atoms with Crippen LogP contribution in [0, 0.1) is 0 Å². The van der Waals surface area contributed by atoms with Crippen LogP contribution in [-0.2, 0) is 31.8 Å². The Hall–Kier alpha value is -3.39. The molecule has 4 heterocycles. The number of halogens is 1. The Balaban J connectivity index is 0.000000320. The number of ether oxygens (including phenoxy) is 4. The van der Waals surface area contributed by atoms with Gasteiger partial charge in [-0.3, -0.25) is 9.80 Å². The van der Waals surface area contributed by atoms with Crippen LogP contribution in [0.5, 0.6) is 0 Å². The number of unbranched alkanes of at least 4 members (excludes halogenated alkanes) is 2. The lowest BCUT2D eigenvalue weighted by atomic mass is 10.2. The van der Waals surface area contributed by atoms with Gasteiger partial charge in [-0.15, -0.1) is 11.6 Å². The van der Waals surface area contributed by atoms with E-state index in [4.69, 9.17) is 30.4 Å². The average molecular weight is 1020 g/mol. The summed E-state index contributed by atoms with van der Waals surface area (Å²) in [5.74, 6) is 5.31. The monoisotopic (exact) mass is 1020 g/mol. The first-order chi connectivity index (χ1) is 32.5. The average Bonchev–Trinajstić information content (AvgIpc) is 4.07. The first kappa shape index (κ1) is 61.7. The number of aromatic nitrogens is 4. The summed E-state index contributed by atoms with van der Waals surface area (Å²) in [5.41, 5.74) is 14.5. The van der Waals surface area contributed by atoms with E-state index in [0.717, 1.165) is 70.4 Å². The Labute approximate surface area is 427 Å². The van der Waals surface area contributed by atoms with Gasteiger partial charge in [0.1, 0.15) is 46.9 Å². The molecule has 0 bridgehead atoms. The van der Waals surface area contributed by atoms with Gasteiger partial charge in [0.25, 0.3) is 0 Å². The van der Waals surface area contributed by atoms with Gasteiger partial charge in [-0.1, -0.05) is 45.8 Å². The normalized spacial score (nSPS) is 18.7. The number of hydrogen-bond acceptors (Lipinski definition) is 16. The van der Waals surface area contributed by atoms with Crippen molar-refractivity contribution in [2.45, 2.75) is 176 Å². The third kappa shape index (κ3) is 20.7. The zero-order valence-electron chi connectivity index (χ0n) is 44.2. The van der Waals surface area contributed by atoms with Crippen LogP contribution in [0.3, 0.4) is 0 Å². The summed E-state index contributed by atoms with van der Waals surface area (Å²) >= 11 is 8.42. The lowest BCUT2D eigenvalue weighted by Crippen LogP contribution is -2.50. The Morgan fingerprint density at radius 3 is 1.87 bits per heavy atom. The molecule has 2 amide bonds. The molecule has 2 saturated heterocycles. The van der Waals surface area contributed by atoms with Gasteiger partial charge < -0.3 is 40.8 Å². The predicted molar refractivity (Wildman–Crippen MR) is 287 cm³/mol. The SMILES string of the molecule is CCC1COC(C)(C)N1C(=O)OC(C)(C)C.CCCCSCC1COC(C)(C)N1C(=O)OC(C)(C)C.CCCCSC[C@@H](CO)NCC1=CCc2c(N)ncnc21.CCl.Nc1ncnc2c1CC=C2. The van der Waals surface area contributed by atoms with Crippen molar-refractivity contribution in [3.05, 3.63) is 47.3 Å². The van der Waals surface area contributed by atoms with Gasteiger partial charge in [0, 0.05) is 41.6 Å². The number of thioether (sulfide) groups is 2. The molecular formula is C50H86ClN9O7S2. The van der Waals surface area contributed by atoms with E-state index in [9.17, 15) is 14.7 Å². The number of anilines is 2. The topological polar surface area (TPSA) is 213 Å². The Morgan fingerprint density at radius 1 is 0.826 bits per heavy atom. The third-order valence-corrected chi connectivity index (χ3v) is 13.4. The van der Waals surface area contributed by atoms with Crippen LogP contribution in [0.25, 0.3) is 11.6 Å². The lowest BCUT2D eigenvalue weighted by molar-refractivity contribution is -0.0633. The number of nitrogen functional groups attached to an aromatic ring is 2. The zero-order valence-corrected chi connectivity index (χ0v) is 46.5. The molecule has 2 aromatic heterocycles. The summed E-state index contributed by atoms with van der Waals surface area (Å²) in [4.78, 5) is 44.2.